The van der Waals surface area contributed by atoms with Crippen molar-refractivity contribution in [1.82, 2.24) is 9.78 Å². The van der Waals surface area contributed by atoms with Crippen molar-refractivity contribution in [3.8, 4) is 0 Å². The van der Waals surface area contributed by atoms with Crippen LogP contribution in [0, 0.1) is 18.6 Å². The Bertz CT molecular complexity index is 708. The number of hydrogen-bond donors (Lipinski definition) is 0. The van der Waals surface area contributed by atoms with Crippen molar-refractivity contribution in [3.63, 3.8) is 0 Å². The normalized spacial score (nSPS) is 11.1. The summed E-state index contributed by atoms with van der Waals surface area (Å²) in [6.07, 6.45) is 1.15. The summed E-state index contributed by atoms with van der Waals surface area (Å²) in [5.74, 6) is -3.28. The molecule has 8 heteroatoms. The van der Waals surface area contributed by atoms with Gasteiger partial charge in [0, 0.05) is 7.05 Å². The van der Waals surface area contributed by atoms with E-state index in [4.69, 9.17) is 11.6 Å². The third-order valence-corrected chi connectivity index (χ3v) is 3.13. The lowest BCUT2D eigenvalue weighted by atomic mass is 10.2. The summed E-state index contributed by atoms with van der Waals surface area (Å²) < 4.78 is 28.1. The average molecular weight is 314 g/mol. The number of hydrogen-bond acceptors (Lipinski definition) is 4. The van der Waals surface area contributed by atoms with Crippen LogP contribution in [0.15, 0.2) is 23.4 Å². The maximum Gasteiger partial charge on any atom is 0.371 e. The zero-order chi connectivity index (χ0) is 15.6. The molecule has 0 N–H and O–H groups in total. The van der Waals surface area contributed by atoms with Crippen LogP contribution in [-0.2, 0) is 11.9 Å². The van der Waals surface area contributed by atoms with E-state index in [2.05, 4.69) is 15.1 Å². The Hall–Kier alpha value is -2.28. The third-order valence-electron chi connectivity index (χ3n) is 2.68. The number of carbonyl (C=O) groups is 1. The van der Waals surface area contributed by atoms with Crippen LogP contribution in [0.2, 0.25) is 5.15 Å². The average Bonchev–Trinajstić information content (AvgIpc) is 2.65. The van der Waals surface area contributed by atoms with Crippen LogP contribution in [0.1, 0.15) is 21.6 Å². The molecule has 0 aliphatic rings. The van der Waals surface area contributed by atoms with Gasteiger partial charge in [0.15, 0.2) is 0 Å². The lowest BCUT2D eigenvalue weighted by Gasteiger charge is -2.00. The molecule has 0 atom stereocenters. The fraction of sp³-hybridized carbons (Fsp3) is 0.154. The van der Waals surface area contributed by atoms with Gasteiger partial charge in [-0.15, -0.1) is 0 Å². The first-order valence-electron chi connectivity index (χ1n) is 5.79. The maximum atomic E-state index is 13.4. The number of oxime groups is 1. The van der Waals surface area contributed by atoms with Crippen LogP contribution in [-0.4, -0.2) is 22.0 Å². The smallest absolute Gasteiger partial charge is 0.313 e. The number of benzene rings is 1. The zero-order valence-electron chi connectivity index (χ0n) is 11.1. The van der Waals surface area contributed by atoms with E-state index in [1.165, 1.54) is 4.68 Å². The van der Waals surface area contributed by atoms with Gasteiger partial charge >= 0.3 is 5.97 Å². The lowest BCUT2D eigenvalue weighted by Crippen LogP contribution is -2.07. The van der Waals surface area contributed by atoms with Gasteiger partial charge in [0.05, 0.1) is 17.5 Å². The predicted molar refractivity (Wildman–Crippen MR) is 72.3 cm³/mol. The van der Waals surface area contributed by atoms with Crippen molar-refractivity contribution in [2.24, 2.45) is 12.2 Å². The topological polar surface area (TPSA) is 56.5 Å². The van der Waals surface area contributed by atoms with E-state index in [1.807, 2.05) is 0 Å². The van der Waals surface area contributed by atoms with Gasteiger partial charge in [0.2, 0.25) is 0 Å². The minimum absolute atomic E-state index is 0.296. The minimum atomic E-state index is -1.24. The summed E-state index contributed by atoms with van der Waals surface area (Å²) in [4.78, 5) is 16.0. The van der Waals surface area contributed by atoms with Gasteiger partial charge < -0.3 is 4.84 Å². The van der Waals surface area contributed by atoms with Crippen molar-refractivity contribution < 1.29 is 18.4 Å². The van der Waals surface area contributed by atoms with E-state index in [1.54, 1.807) is 14.0 Å². The van der Waals surface area contributed by atoms with Gasteiger partial charge in [-0.25, -0.2) is 13.6 Å². The SMILES string of the molecule is Cc1nn(C)c(Cl)c1/C=N\OC(=O)c1c(F)cccc1F. The van der Waals surface area contributed by atoms with Gasteiger partial charge in [-0.05, 0) is 19.1 Å². The molecule has 0 bridgehead atoms. The Kier molecular flexibility index (Phi) is 4.32. The second kappa shape index (κ2) is 6.01. The Balaban J connectivity index is 2.16. The Morgan fingerprint density at radius 2 is 2.05 bits per heavy atom. The van der Waals surface area contributed by atoms with E-state index in [9.17, 15) is 13.6 Å². The first-order chi connectivity index (χ1) is 9.91. The Morgan fingerprint density at radius 1 is 1.43 bits per heavy atom. The molecule has 1 aromatic carbocycles. The maximum absolute atomic E-state index is 13.4. The summed E-state index contributed by atoms with van der Waals surface area (Å²) >= 11 is 5.95. The highest BCUT2D eigenvalue weighted by molar-refractivity contribution is 6.32. The van der Waals surface area contributed by atoms with Crippen LogP contribution in [0.4, 0.5) is 8.78 Å². The highest BCUT2D eigenvalue weighted by Crippen LogP contribution is 2.17. The molecule has 0 saturated carbocycles. The molecule has 0 amide bonds. The lowest BCUT2D eigenvalue weighted by molar-refractivity contribution is 0.0508. The first kappa shape index (κ1) is 15.1. The second-order valence-electron chi connectivity index (χ2n) is 4.12. The minimum Gasteiger partial charge on any atom is -0.313 e. The molecule has 0 radical (unpaired) electrons. The number of carbonyl (C=O) groups excluding carboxylic acids is 1. The molecule has 0 aliphatic heterocycles. The molecule has 5 nitrogen and oxygen atoms in total. The molecule has 0 fully saturated rings. The van der Waals surface area contributed by atoms with Crippen molar-refractivity contribution in [1.29, 1.82) is 0 Å². The molecule has 0 spiro atoms. The van der Waals surface area contributed by atoms with Crippen molar-refractivity contribution in [2.75, 3.05) is 0 Å². The Morgan fingerprint density at radius 3 is 2.57 bits per heavy atom. The molecule has 2 aromatic rings. The van der Waals surface area contributed by atoms with Crippen LogP contribution in [0.25, 0.3) is 0 Å². The number of rotatable bonds is 3. The number of halogens is 3. The van der Waals surface area contributed by atoms with Gasteiger partial charge in [0.25, 0.3) is 0 Å². The van der Waals surface area contributed by atoms with Crippen molar-refractivity contribution in [3.05, 3.63) is 51.8 Å². The summed E-state index contributed by atoms with van der Waals surface area (Å²) in [5.41, 5.74) is 0.212. The number of aryl methyl sites for hydroxylation is 2. The van der Waals surface area contributed by atoms with E-state index >= 15 is 0 Å². The summed E-state index contributed by atoms with van der Waals surface area (Å²) in [7, 11) is 1.63. The standard InChI is InChI=1S/C13H10ClF2N3O2/c1-7-8(12(14)19(2)18-7)6-17-21-13(20)11-9(15)4-3-5-10(11)16/h3-6H,1-2H3/b17-6-. The molecule has 0 aliphatic carbocycles. The highest BCUT2D eigenvalue weighted by Gasteiger charge is 2.18. The molecular formula is C13H10ClF2N3O2. The van der Waals surface area contributed by atoms with E-state index < -0.39 is 23.2 Å². The largest absolute Gasteiger partial charge is 0.371 e. The molecular weight excluding hydrogens is 304 g/mol. The summed E-state index contributed by atoms with van der Waals surface area (Å²) in [5, 5.41) is 7.71. The molecule has 0 unspecified atom stereocenters. The molecule has 1 heterocycles. The predicted octanol–water partition coefficient (Wildman–Crippen LogP) is 2.85. The van der Waals surface area contributed by atoms with Crippen LogP contribution >= 0.6 is 11.6 Å². The third kappa shape index (κ3) is 3.08. The summed E-state index contributed by atoms with van der Waals surface area (Å²) in [6.45, 7) is 1.69. The molecule has 21 heavy (non-hydrogen) atoms. The zero-order valence-corrected chi connectivity index (χ0v) is 11.9. The van der Waals surface area contributed by atoms with Gasteiger partial charge in [-0.1, -0.05) is 22.8 Å². The van der Waals surface area contributed by atoms with Crippen LogP contribution in [0.5, 0.6) is 0 Å². The molecule has 110 valence electrons. The fourth-order valence-electron chi connectivity index (χ4n) is 1.66. The monoisotopic (exact) mass is 313 g/mol. The van der Waals surface area contributed by atoms with Gasteiger partial charge in [-0.3, -0.25) is 4.68 Å². The van der Waals surface area contributed by atoms with Gasteiger partial charge in [0.1, 0.15) is 22.4 Å². The quantitative estimate of drug-likeness (QED) is 0.497. The molecule has 0 saturated heterocycles. The van der Waals surface area contributed by atoms with Crippen LogP contribution in [0.3, 0.4) is 0 Å². The van der Waals surface area contributed by atoms with E-state index in [0.717, 1.165) is 24.4 Å². The molecule has 2 rings (SSSR count). The first-order valence-corrected chi connectivity index (χ1v) is 6.17. The van der Waals surface area contributed by atoms with Gasteiger partial charge in [-0.2, -0.15) is 5.10 Å². The second-order valence-corrected chi connectivity index (χ2v) is 4.48. The van der Waals surface area contributed by atoms with E-state index in [-0.39, 0.29) is 0 Å². The summed E-state index contributed by atoms with van der Waals surface area (Å²) in [6, 6.07) is 3.04. The highest BCUT2D eigenvalue weighted by atomic mass is 35.5. The van der Waals surface area contributed by atoms with Crippen molar-refractivity contribution in [2.45, 2.75) is 6.92 Å². The van der Waals surface area contributed by atoms with E-state index in [0.29, 0.717) is 16.4 Å². The number of aromatic nitrogens is 2. The molecule has 1 aromatic heterocycles. The van der Waals surface area contributed by atoms with Crippen molar-refractivity contribution >= 4 is 23.8 Å². The van der Waals surface area contributed by atoms with Crippen LogP contribution < -0.4 is 0 Å². The Labute approximate surface area is 123 Å². The fourth-order valence-corrected chi connectivity index (χ4v) is 1.88. The number of nitrogens with zero attached hydrogens (tertiary/aromatic N) is 3.